The molecule has 2 rings (SSSR count). The molecule has 0 fully saturated rings. The van der Waals surface area contributed by atoms with E-state index in [1.807, 2.05) is 30.5 Å². The maximum atomic E-state index is 11.8. The molecule has 0 radical (unpaired) electrons. The molecule has 2 aromatic rings. The lowest BCUT2D eigenvalue weighted by Gasteiger charge is -2.13. The first-order valence-electron chi connectivity index (χ1n) is 6.49. The first kappa shape index (κ1) is 14.5. The number of aliphatic hydroxyl groups excluding tert-OH is 2. The number of H-pyrrole nitrogens is 1. The van der Waals surface area contributed by atoms with Crippen molar-refractivity contribution < 1.29 is 15.0 Å². The maximum absolute atomic E-state index is 11.8. The van der Waals surface area contributed by atoms with Crippen LogP contribution in [-0.4, -0.2) is 46.4 Å². The minimum Gasteiger partial charge on any atom is -0.394 e. The molecule has 2 atom stereocenters. The van der Waals surface area contributed by atoms with E-state index in [0.29, 0.717) is 6.42 Å². The quantitative estimate of drug-likeness (QED) is 0.490. The normalized spacial score (nSPS) is 14.2. The van der Waals surface area contributed by atoms with E-state index in [9.17, 15) is 9.90 Å². The Kier molecular flexibility index (Phi) is 4.73. The van der Waals surface area contributed by atoms with Crippen LogP contribution in [0.2, 0.25) is 0 Å². The topological polar surface area (TPSA) is 111 Å². The Morgan fingerprint density at radius 3 is 2.90 bits per heavy atom. The third-order valence-electron chi connectivity index (χ3n) is 3.17. The molecular formula is C14H19N3O3. The summed E-state index contributed by atoms with van der Waals surface area (Å²) in [4.78, 5) is 14.9. The van der Waals surface area contributed by atoms with E-state index in [-0.39, 0.29) is 12.5 Å². The molecule has 0 saturated carbocycles. The van der Waals surface area contributed by atoms with Gasteiger partial charge in [-0.1, -0.05) is 18.2 Å². The van der Waals surface area contributed by atoms with Crippen molar-refractivity contribution in [2.45, 2.75) is 18.6 Å². The summed E-state index contributed by atoms with van der Waals surface area (Å²) >= 11 is 0. The summed E-state index contributed by atoms with van der Waals surface area (Å²) in [5, 5.41) is 21.4. The number of nitrogens with two attached hydrogens (primary N) is 1. The Morgan fingerprint density at radius 2 is 2.15 bits per heavy atom. The van der Waals surface area contributed by atoms with Gasteiger partial charge in [0.2, 0.25) is 5.91 Å². The van der Waals surface area contributed by atoms with Gasteiger partial charge in [-0.05, 0) is 18.1 Å². The summed E-state index contributed by atoms with van der Waals surface area (Å²) < 4.78 is 0. The van der Waals surface area contributed by atoms with Crippen molar-refractivity contribution in [3.05, 3.63) is 36.0 Å². The number of nitrogens with one attached hydrogen (secondary N) is 2. The number of hydrogen-bond acceptors (Lipinski definition) is 4. The first-order chi connectivity index (χ1) is 9.61. The van der Waals surface area contributed by atoms with Crippen LogP contribution in [0.15, 0.2) is 30.5 Å². The Hall–Kier alpha value is -1.89. The van der Waals surface area contributed by atoms with Gasteiger partial charge < -0.3 is 26.2 Å². The van der Waals surface area contributed by atoms with Crippen LogP contribution in [0.25, 0.3) is 10.9 Å². The number of aliphatic hydroxyl groups is 2. The molecule has 6 heteroatoms. The lowest BCUT2D eigenvalue weighted by Crippen LogP contribution is -2.45. The van der Waals surface area contributed by atoms with Crippen LogP contribution in [0.4, 0.5) is 0 Å². The van der Waals surface area contributed by atoms with Gasteiger partial charge in [-0.3, -0.25) is 4.79 Å². The molecule has 0 aliphatic heterocycles. The van der Waals surface area contributed by atoms with Crippen molar-refractivity contribution in [3.63, 3.8) is 0 Å². The Balaban J connectivity index is 1.97. The lowest BCUT2D eigenvalue weighted by atomic mass is 10.1. The van der Waals surface area contributed by atoms with Gasteiger partial charge >= 0.3 is 0 Å². The van der Waals surface area contributed by atoms with Gasteiger partial charge in [0.25, 0.3) is 0 Å². The van der Waals surface area contributed by atoms with Crippen LogP contribution < -0.4 is 11.1 Å². The first-order valence-corrected chi connectivity index (χ1v) is 6.49. The van der Waals surface area contributed by atoms with Crippen LogP contribution in [0.3, 0.4) is 0 Å². The summed E-state index contributed by atoms with van der Waals surface area (Å²) in [6, 6.07) is 7.11. The van der Waals surface area contributed by atoms with Crippen LogP contribution in [0, 0.1) is 0 Å². The zero-order valence-corrected chi connectivity index (χ0v) is 11.0. The van der Waals surface area contributed by atoms with Crippen LogP contribution >= 0.6 is 0 Å². The second kappa shape index (κ2) is 6.51. The molecule has 1 aromatic carbocycles. The molecule has 0 aliphatic rings. The van der Waals surface area contributed by atoms with E-state index in [1.165, 1.54) is 0 Å². The fourth-order valence-corrected chi connectivity index (χ4v) is 2.04. The van der Waals surface area contributed by atoms with Gasteiger partial charge in [0, 0.05) is 23.6 Å². The van der Waals surface area contributed by atoms with Gasteiger partial charge in [0.1, 0.15) is 0 Å². The predicted molar refractivity (Wildman–Crippen MR) is 76.1 cm³/mol. The number of amides is 1. The molecule has 6 N–H and O–H groups in total. The van der Waals surface area contributed by atoms with Crippen molar-refractivity contribution in [2.24, 2.45) is 5.73 Å². The van der Waals surface area contributed by atoms with E-state index in [0.717, 1.165) is 16.5 Å². The summed E-state index contributed by atoms with van der Waals surface area (Å²) in [6.07, 6.45) is 1.30. The number of carbonyl (C=O) groups is 1. The molecule has 1 heterocycles. The number of aromatic amines is 1. The molecule has 108 valence electrons. The third-order valence-corrected chi connectivity index (χ3v) is 3.17. The number of rotatable bonds is 6. The molecule has 0 bridgehead atoms. The standard InChI is InChI=1S/C14H19N3O3/c15-12(14(20)17-7-10(19)8-18)5-9-6-16-13-4-2-1-3-11(9)13/h1-4,6,10,12,16,18-19H,5,7-8,15H2,(H,17,20)/t10?,12-/m0/s1. The second-order valence-corrected chi connectivity index (χ2v) is 4.75. The zero-order valence-electron chi connectivity index (χ0n) is 11.0. The van der Waals surface area contributed by atoms with E-state index in [1.54, 1.807) is 0 Å². The minimum atomic E-state index is -0.959. The lowest BCUT2D eigenvalue weighted by molar-refractivity contribution is -0.122. The minimum absolute atomic E-state index is 0.00306. The average Bonchev–Trinajstić information content (AvgIpc) is 2.87. The molecule has 20 heavy (non-hydrogen) atoms. The zero-order chi connectivity index (χ0) is 14.5. The van der Waals surface area contributed by atoms with Gasteiger partial charge in [-0.25, -0.2) is 0 Å². The van der Waals surface area contributed by atoms with Gasteiger partial charge in [-0.2, -0.15) is 0 Å². The number of aromatic nitrogens is 1. The van der Waals surface area contributed by atoms with Crippen molar-refractivity contribution in [1.29, 1.82) is 0 Å². The van der Waals surface area contributed by atoms with Crippen molar-refractivity contribution in [3.8, 4) is 0 Å². The van der Waals surface area contributed by atoms with Crippen LogP contribution in [-0.2, 0) is 11.2 Å². The molecule has 0 aliphatic carbocycles. The Morgan fingerprint density at radius 1 is 1.40 bits per heavy atom. The molecule has 0 saturated heterocycles. The fraction of sp³-hybridized carbons (Fsp3) is 0.357. The number of benzene rings is 1. The predicted octanol–water partition coefficient (Wildman–Crippen LogP) is -0.493. The Bertz CT molecular complexity index is 582. The molecule has 1 unspecified atom stereocenters. The molecular weight excluding hydrogens is 258 g/mol. The summed E-state index contributed by atoms with van der Waals surface area (Å²) in [7, 11) is 0. The largest absolute Gasteiger partial charge is 0.394 e. The summed E-state index contributed by atoms with van der Waals surface area (Å²) in [5.74, 6) is -0.345. The van der Waals surface area contributed by atoms with Gasteiger partial charge in [0.15, 0.2) is 0 Å². The van der Waals surface area contributed by atoms with Crippen molar-refractivity contribution >= 4 is 16.8 Å². The smallest absolute Gasteiger partial charge is 0.237 e. The van der Waals surface area contributed by atoms with Crippen LogP contribution in [0.1, 0.15) is 5.56 Å². The molecule has 1 aromatic heterocycles. The number of para-hydroxylation sites is 1. The number of carbonyl (C=O) groups excluding carboxylic acids is 1. The molecule has 0 spiro atoms. The van der Waals surface area contributed by atoms with E-state index in [2.05, 4.69) is 10.3 Å². The fourth-order valence-electron chi connectivity index (χ4n) is 2.04. The highest BCUT2D eigenvalue weighted by atomic mass is 16.3. The highest BCUT2D eigenvalue weighted by molar-refractivity contribution is 5.86. The SMILES string of the molecule is N[C@@H](Cc1c[nH]c2ccccc12)C(=O)NCC(O)CO. The Labute approximate surface area is 116 Å². The van der Waals surface area contributed by atoms with E-state index in [4.69, 9.17) is 10.8 Å². The highest BCUT2D eigenvalue weighted by Gasteiger charge is 2.16. The third kappa shape index (κ3) is 3.36. The highest BCUT2D eigenvalue weighted by Crippen LogP contribution is 2.18. The molecule has 1 amide bonds. The second-order valence-electron chi connectivity index (χ2n) is 4.75. The number of fused-ring (bicyclic) bond motifs is 1. The summed E-state index contributed by atoms with van der Waals surface area (Å²) in [6.45, 7) is -0.394. The summed E-state index contributed by atoms with van der Waals surface area (Å²) in [5.41, 5.74) is 7.84. The van der Waals surface area contributed by atoms with Crippen molar-refractivity contribution in [1.82, 2.24) is 10.3 Å². The maximum Gasteiger partial charge on any atom is 0.237 e. The van der Waals surface area contributed by atoms with E-state index >= 15 is 0 Å². The van der Waals surface area contributed by atoms with E-state index < -0.39 is 18.8 Å². The monoisotopic (exact) mass is 277 g/mol. The van der Waals surface area contributed by atoms with Gasteiger partial charge in [-0.15, -0.1) is 0 Å². The number of hydrogen-bond donors (Lipinski definition) is 5. The van der Waals surface area contributed by atoms with Gasteiger partial charge in [0.05, 0.1) is 18.8 Å². The average molecular weight is 277 g/mol. The van der Waals surface area contributed by atoms with Crippen molar-refractivity contribution in [2.75, 3.05) is 13.2 Å². The van der Waals surface area contributed by atoms with Crippen LogP contribution in [0.5, 0.6) is 0 Å². The molecule has 6 nitrogen and oxygen atoms in total.